The van der Waals surface area contributed by atoms with Crippen LogP contribution in [0.2, 0.25) is 0 Å². The summed E-state index contributed by atoms with van der Waals surface area (Å²) >= 11 is 0. The van der Waals surface area contributed by atoms with Gasteiger partial charge in [0, 0.05) is 26.2 Å². The molecular weight excluding hydrogens is 159 g/mol. The Labute approximate surface area is 68.8 Å². The number of hydrogen-bond donors (Lipinski definition) is 1. The average Bonchev–Trinajstić information content (AvgIpc) is 1.69. The van der Waals surface area contributed by atoms with Crippen molar-refractivity contribution in [2.45, 2.75) is 0 Å². The maximum Gasteiger partial charge on any atom is 0.0104 e. The minimum absolute atomic E-state index is 0. The zero-order valence-corrected chi connectivity index (χ0v) is 7.23. The van der Waals surface area contributed by atoms with Gasteiger partial charge in [-0.25, -0.2) is 0 Å². The second kappa shape index (κ2) is 6.62. The molecular formula is C5H14Cl2N2. The van der Waals surface area contributed by atoms with E-state index in [-0.39, 0.29) is 24.8 Å². The largest absolute Gasteiger partial charge is 0.314 e. The van der Waals surface area contributed by atoms with Crippen molar-refractivity contribution < 1.29 is 0 Å². The molecule has 0 aromatic rings. The lowest BCUT2D eigenvalue weighted by Gasteiger charge is -2.21. The Morgan fingerprint density at radius 2 is 1.56 bits per heavy atom. The smallest absolute Gasteiger partial charge is 0.0104 e. The van der Waals surface area contributed by atoms with Gasteiger partial charge in [0.2, 0.25) is 0 Å². The Morgan fingerprint density at radius 1 is 1.11 bits per heavy atom. The van der Waals surface area contributed by atoms with Gasteiger partial charge in [-0.3, -0.25) is 0 Å². The molecule has 0 spiro atoms. The lowest BCUT2D eigenvalue weighted by molar-refractivity contribution is 0.291. The van der Waals surface area contributed by atoms with Crippen LogP contribution in [0.5, 0.6) is 0 Å². The summed E-state index contributed by atoms with van der Waals surface area (Å²) in [7, 11) is 2.15. The summed E-state index contributed by atoms with van der Waals surface area (Å²) in [5, 5.41) is 3.27. The molecule has 1 aliphatic heterocycles. The summed E-state index contributed by atoms with van der Waals surface area (Å²) in [6.45, 7) is 4.74. The number of piperazine rings is 1. The van der Waals surface area contributed by atoms with Crippen molar-refractivity contribution in [1.82, 2.24) is 10.2 Å². The molecule has 9 heavy (non-hydrogen) atoms. The third-order valence-corrected chi connectivity index (χ3v) is 1.34. The fourth-order valence-electron chi connectivity index (χ4n) is 0.777. The maximum atomic E-state index is 3.27. The SMILES string of the molecule is CN1CCNCC1.Cl.Cl. The van der Waals surface area contributed by atoms with Crippen LogP contribution >= 0.6 is 24.8 Å². The number of halogens is 2. The van der Waals surface area contributed by atoms with Crippen LogP contribution in [-0.2, 0) is 0 Å². The van der Waals surface area contributed by atoms with Gasteiger partial charge in [0.25, 0.3) is 0 Å². The highest BCUT2D eigenvalue weighted by Gasteiger charge is 2.01. The van der Waals surface area contributed by atoms with E-state index in [1.165, 1.54) is 13.1 Å². The van der Waals surface area contributed by atoms with Crippen LogP contribution in [-0.4, -0.2) is 38.1 Å². The number of rotatable bonds is 0. The Balaban J connectivity index is 0. The highest BCUT2D eigenvalue weighted by molar-refractivity contribution is 5.85. The second-order valence-corrected chi connectivity index (χ2v) is 2.05. The Kier molecular flexibility index (Phi) is 8.97. The van der Waals surface area contributed by atoms with Crippen LogP contribution in [0.25, 0.3) is 0 Å². The zero-order valence-electron chi connectivity index (χ0n) is 5.59. The standard InChI is InChI=1S/C5H12N2.2ClH/c1-7-4-2-6-3-5-7;;/h6H,2-5H2,1H3;2*1H. The summed E-state index contributed by atoms with van der Waals surface area (Å²) in [4.78, 5) is 2.33. The van der Waals surface area contributed by atoms with Gasteiger partial charge >= 0.3 is 0 Å². The quantitative estimate of drug-likeness (QED) is 0.569. The van der Waals surface area contributed by atoms with Crippen molar-refractivity contribution in [3.8, 4) is 0 Å². The molecule has 1 fully saturated rings. The highest BCUT2D eigenvalue weighted by atomic mass is 35.5. The van der Waals surface area contributed by atoms with E-state index in [1.807, 2.05) is 0 Å². The maximum absolute atomic E-state index is 3.27. The van der Waals surface area contributed by atoms with E-state index in [0.717, 1.165) is 13.1 Å². The predicted octanol–water partition coefficient (Wildman–Crippen LogP) is 0.365. The van der Waals surface area contributed by atoms with E-state index in [2.05, 4.69) is 17.3 Å². The van der Waals surface area contributed by atoms with E-state index in [0.29, 0.717) is 0 Å². The third-order valence-electron chi connectivity index (χ3n) is 1.34. The molecule has 2 nitrogen and oxygen atoms in total. The second-order valence-electron chi connectivity index (χ2n) is 2.05. The van der Waals surface area contributed by atoms with Crippen LogP contribution in [0.3, 0.4) is 0 Å². The number of likely N-dealkylation sites (N-methyl/N-ethyl adjacent to an activating group) is 1. The summed E-state index contributed by atoms with van der Waals surface area (Å²) in [5.74, 6) is 0. The predicted molar refractivity (Wildman–Crippen MR) is 44.9 cm³/mol. The molecule has 1 aliphatic rings. The van der Waals surface area contributed by atoms with Gasteiger partial charge < -0.3 is 10.2 Å². The van der Waals surface area contributed by atoms with E-state index in [4.69, 9.17) is 0 Å². The highest BCUT2D eigenvalue weighted by Crippen LogP contribution is 1.82. The number of hydrogen-bond acceptors (Lipinski definition) is 2. The summed E-state index contributed by atoms with van der Waals surface area (Å²) in [6, 6.07) is 0. The van der Waals surface area contributed by atoms with Gasteiger partial charge in [-0.05, 0) is 7.05 Å². The number of nitrogens with one attached hydrogen (secondary N) is 1. The number of nitrogens with zero attached hydrogens (tertiary/aromatic N) is 1. The molecule has 1 N–H and O–H groups in total. The van der Waals surface area contributed by atoms with E-state index in [1.54, 1.807) is 0 Å². The minimum atomic E-state index is 0. The van der Waals surface area contributed by atoms with Gasteiger partial charge in [-0.1, -0.05) is 0 Å². The Bertz CT molecular complexity index is 54.9. The molecule has 58 valence electrons. The van der Waals surface area contributed by atoms with Crippen molar-refractivity contribution in [1.29, 1.82) is 0 Å². The topological polar surface area (TPSA) is 15.3 Å². The van der Waals surface area contributed by atoms with Crippen LogP contribution < -0.4 is 5.32 Å². The summed E-state index contributed by atoms with van der Waals surface area (Å²) in [5.41, 5.74) is 0. The van der Waals surface area contributed by atoms with E-state index >= 15 is 0 Å². The van der Waals surface area contributed by atoms with Gasteiger partial charge in [0.1, 0.15) is 0 Å². The van der Waals surface area contributed by atoms with Crippen LogP contribution in [0.15, 0.2) is 0 Å². The van der Waals surface area contributed by atoms with Crippen LogP contribution in [0.1, 0.15) is 0 Å². The molecule has 0 aromatic heterocycles. The molecule has 0 amide bonds. The normalized spacial score (nSPS) is 19.7. The fourth-order valence-corrected chi connectivity index (χ4v) is 0.777. The monoisotopic (exact) mass is 172 g/mol. The van der Waals surface area contributed by atoms with E-state index in [9.17, 15) is 0 Å². The Morgan fingerprint density at radius 3 is 1.78 bits per heavy atom. The molecule has 1 rings (SSSR count). The molecule has 1 heterocycles. The molecule has 0 atom stereocenters. The molecule has 0 saturated carbocycles. The molecule has 0 aromatic carbocycles. The molecule has 0 bridgehead atoms. The molecule has 0 radical (unpaired) electrons. The first kappa shape index (κ1) is 12.2. The summed E-state index contributed by atoms with van der Waals surface area (Å²) < 4.78 is 0. The van der Waals surface area contributed by atoms with Crippen molar-refractivity contribution in [2.24, 2.45) is 0 Å². The first-order valence-electron chi connectivity index (χ1n) is 2.79. The van der Waals surface area contributed by atoms with Crippen molar-refractivity contribution in [2.75, 3.05) is 33.2 Å². The Hall–Kier alpha value is 0.500. The van der Waals surface area contributed by atoms with Crippen LogP contribution in [0, 0.1) is 0 Å². The lowest BCUT2D eigenvalue weighted by Crippen LogP contribution is -2.40. The lowest BCUT2D eigenvalue weighted by atomic mass is 10.4. The van der Waals surface area contributed by atoms with Crippen molar-refractivity contribution in [3.05, 3.63) is 0 Å². The molecule has 0 unspecified atom stereocenters. The first-order valence-corrected chi connectivity index (χ1v) is 2.79. The van der Waals surface area contributed by atoms with Gasteiger partial charge in [-0.15, -0.1) is 24.8 Å². The van der Waals surface area contributed by atoms with E-state index < -0.39 is 0 Å². The summed E-state index contributed by atoms with van der Waals surface area (Å²) in [6.07, 6.45) is 0. The van der Waals surface area contributed by atoms with Crippen molar-refractivity contribution >= 4 is 24.8 Å². The molecule has 1 saturated heterocycles. The third kappa shape index (κ3) is 4.97. The average molecular weight is 173 g/mol. The van der Waals surface area contributed by atoms with Gasteiger partial charge in [0.15, 0.2) is 0 Å². The first-order chi connectivity index (χ1) is 3.39. The van der Waals surface area contributed by atoms with Crippen molar-refractivity contribution in [3.63, 3.8) is 0 Å². The zero-order chi connectivity index (χ0) is 5.11. The molecule has 4 heteroatoms. The van der Waals surface area contributed by atoms with Crippen LogP contribution in [0.4, 0.5) is 0 Å². The van der Waals surface area contributed by atoms with Gasteiger partial charge in [-0.2, -0.15) is 0 Å². The minimum Gasteiger partial charge on any atom is -0.314 e. The van der Waals surface area contributed by atoms with Gasteiger partial charge in [0.05, 0.1) is 0 Å². The fraction of sp³-hybridized carbons (Fsp3) is 1.00. The molecule has 0 aliphatic carbocycles.